The number of imidazole rings is 1. The monoisotopic (exact) mass is 415 g/mol. The number of hydrogen-bond acceptors (Lipinski definition) is 9. The largest absolute Gasteiger partial charge is 0.507 e. The number of aromatic nitrogens is 4. The van der Waals surface area contributed by atoms with E-state index in [1.807, 2.05) is 26.0 Å². The van der Waals surface area contributed by atoms with Gasteiger partial charge in [-0.25, -0.2) is 15.0 Å². The Kier molecular flexibility index (Phi) is 5.33. The maximum absolute atomic E-state index is 10.5. The van der Waals surface area contributed by atoms with Gasteiger partial charge >= 0.3 is 0 Å². The normalized spacial score (nSPS) is 23.9. The molecule has 160 valence electrons. The van der Waals surface area contributed by atoms with E-state index < -0.39 is 24.5 Å². The molecule has 0 bridgehead atoms. The second-order valence-corrected chi connectivity index (χ2v) is 7.53. The number of fused-ring (bicyclic) bond motifs is 1. The van der Waals surface area contributed by atoms with Crippen molar-refractivity contribution in [1.82, 2.24) is 19.5 Å². The number of anilines is 2. The average Bonchev–Trinajstić information content (AvgIpc) is 3.22. The third-order valence-corrected chi connectivity index (χ3v) is 5.23. The number of aliphatic hydroxyl groups excluding tert-OH is 2. The predicted octanol–water partition coefficient (Wildman–Crippen LogP) is 1.47. The zero-order valence-electron chi connectivity index (χ0n) is 17.2. The van der Waals surface area contributed by atoms with Crippen LogP contribution in [-0.4, -0.2) is 66.9 Å². The van der Waals surface area contributed by atoms with Gasteiger partial charge in [0.1, 0.15) is 29.9 Å². The van der Waals surface area contributed by atoms with Crippen LogP contribution in [0.3, 0.4) is 0 Å². The van der Waals surface area contributed by atoms with Crippen LogP contribution in [0.5, 0.6) is 5.75 Å². The highest BCUT2D eigenvalue weighted by Gasteiger charge is 2.44. The van der Waals surface area contributed by atoms with Crippen LogP contribution in [0, 0.1) is 20.8 Å². The molecular weight excluding hydrogens is 390 g/mol. The molecule has 10 heteroatoms. The van der Waals surface area contributed by atoms with Crippen molar-refractivity contribution in [3.63, 3.8) is 0 Å². The minimum absolute atomic E-state index is 0.154. The number of hydrogen-bond donors (Lipinski definition) is 4. The highest BCUT2D eigenvalue weighted by Crippen LogP contribution is 2.34. The fraction of sp³-hybridized carbons (Fsp3) is 0.450. The summed E-state index contributed by atoms with van der Waals surface area (Å²) in [7, 11) is 1.50. The first-order valence-corrected chi connectivity index (χ1v) is 9.59. The van der Waals surface area contributed by atoms with E-state index in [0.717, 1.165) is 16.8 Å². The maximum atomic E-state index is 10.5. The first-order chi connectivity index (χ1) is 14.3. The first kappa shape index (κ1) is 20.5. The lowest BCUT2D eigenvalue weighted by Crippen LogP contribution is -2.33. The summed E-state index contributed by atoms with van der Waals surface area (Å²) in [5.74, 6) is 1.24. The topological polar surface area (TPSA) is 135 Å². The molecule has 2 aromatic heterocycles. The molecule has 1 aliphatic rings. The molecule has 1 aliphatic heterocycles. The van der Waals surface area contributed by atoms with Gasteiger partial charge in [0.05, 0.1) is 12.9 Å². The highest BCUT2D eigenvalue weighted by atomic mass is 16.6. The minimum atomic E-state index is -1.16. The van der Waals surface area contributed by atoms with Crippen LogP contribution in [-0.2, 0) is 9.47 Å². The van der Waals surface area contributed by atoms with Crippen molar-refractivity contribution in [3.05, 3.63) is 35.4 Å². The number of aromatic hydroxyl groups is 1. The molecule has 0 saturated carbocycles. The summed E-state index contributed by atoms with van der Waals surface area (Å²) in [6.45, 7) is 5.55. The molecule has 0 aliphatic carbocycles. The molecule has 30 heavy (non-hydrogen) atoms. The van der Waals surface area contributed by atoms with Crippen molar-refractivity contribution < 1.29 is 24.8 Å². The lowest BCUT2D eigenvalue weighted by atomic mass is 10.1. The quantitative estimate of drug-likeness (QED) is 0.457. The van der Waals surface area contributed by atoms with Crippen LogP contribution < -0.4 is 5.32 Å². The second kappa shape index (κ2) is 7.80. The Morgan fingerprint density at radius 3 is 2.50 bits per heavy atom. The van der Waals surface area contributed by atoms with Crippen LogP contribution in [0.15, 0.2) is 18.5 Å². The van der Waals surface area contributed by atoms with Gasteiger partial charge in [-0.1, -0.05) is 0 Å². The zero-order chi connectivity index (χ0) is 21.6. The van der Waals surface area contributed by atoms with Crippen LogP contribution in [0.25, 0.3) is 11.2 Å². The van der Waals surface area contributed by atoms with E-state index in [0.29, 0.717) is 22.8 Å². The summed E-state index contributed by atoms with van der Waals surface area (Å²) >= 11 is 0. The van der Waals surface area contributed by atoms with E-state index in [9.17, 15) is 15.3 Å². The van der Waals surface area contributed by atoms with E-state index in [1.165, 1.54) is 13.4 Å². The van der Waals surface area contributed by atoms with Gasteiger partial charge in [-0.3, -0.25) is 4.57 Å². The number of nitrogens with one attached hydrogen (secondary N) is 1. The van der Waals surface area contributed by atoms with Crippen LogP contribution in [0.2, 0.25) is 0 Å². The molecule has 4 N–H and O–H groups in total. The Balaban J connectivity index is 1.72. The van der Waals surface area contributed by atoms with Crippen molar-refractivity contribution in [2.45, 2.75) is 45.3 Å². The first-order valence-electron chi connectivity index (χ1n) is 9.59. The second-order valence-electron chi connectivity index (χ2n) is 7.53. The number of phenolic OH excluding ortho intramolecular Hbond substituents is 1. The third kappa shape index (κ3) is 3.47. The summed E-state index contributed by atoms with van der Waals surface area (Å²) in [6, 6.07) is 3.64. The molecule has 0 amide bonds. The lowest BCUT2D eigenvalue weighted by molar-refractivity contribution is -0.0580. The molecule has 10 nitrogen and oxygen atoms in total. The Morgan fingerprint density at radius 2 is 1.83 bits per heavy atom. The van der Waals surface area contributed by atoms with Gasteiger partial charge in [-0.05, 0) is 44.0 Å². The Labute approximate surface area is 173 Å². The molecule has 4 unspecified atom stereocenters. The van der Waals surface area contributed by atoms with Gasteiger partial charge < -0.3 is 30.1 Å². The fourth-order valence-corrected chi connectivity index (χ4v) is 3.72. The number of aliphatic hydroxyl groups is 2. The summed E-state index contributed by atoms with van der Waals surface area (Å²) in [5, 5.41) is 34.0. The molecule has 0 spiro atoms. The molecule has 0 radical (unpaired) electrons. The minimum Gasteiger partial charge on any atom is -0.507 e. The summed E-state index contributed by atoms with van der Waals surface area (Å²) < 4.78 is 12.5. The number of rotatable bonds is 5. The molecule has 3 heterocycles. The lowest BCUT2D eigenvalue weighted by Gasteiger charge is -2.17. The standard InChI is InChI=1S/C20H25N5O5/c1-9-5-12(6-10(2)15(9)26)24-18-14-19(23-11(3)22-18)25(8-21-14)20-17(28)16(27)13(30-20)7-29-4/h5-6,8,13,16-17,20,26-28H,7H2,1-4H3,(H,22,23,24). The third-order valence-electron chi connectivity index (χ3n) is 5.23. The maximum Gasteiger partial charge on any atom is 0.167 e. The van der Waals surface area contributed by atoms with Gasteiger partial charge in [-0.15, -0.1) is 0 Å². The van der Waals surface area contributed by atoms with Gasteiger partial charge in [0.25, 0.3) is 0 Å². The number of methoxy groups -OCH3 is 1. The smallest absolute Gasteiger partial charge is 0.167 e. The number of nitrogens with zero attached hydrogens (tertiary/aromatic N) is 4. The van der Waals surface area contributed by atoms with E-state index in [1.54, 1.807) is 11.5 Å². The zero-order valence-corrected chi connectivity index (χ0v) is 17.2. The van der Waals surface area contributed by atoms with Gasteiger partial charge in [-0.2, -0.15) is 0 Å². The number of benzene rings is 1. The van der Waals surface area contributed by atoms with Crippen LogP contribution >= 0.6 is 0 Å². The van der Waals surface area contributed by atoms with E-state index >= 15 is 0 Å². The van der Waals surface area contributed by atoms with Gasteiger partial charge in [0.2, 0.25) is 0 Å². The molecule has 4 rings (SSSR count). The molecule has 3 aromatic rings. The van der Waals surface area contributed by atoms with E-state index in [2.05, 4.69) is 20.3 Å². The van der Waals surface area contributed by atoms with Crippen molar-refractivity contribution in [2.24, 2.45) is 0 Å². The molecule has 1 aromatic carbocycles. The molecule has 1 fully saturated rings. The Bertz CT molecular complexity index is 1060. The average molecular weight is 415 g/mol. The molecular formula is C20H25N5O5. The Morgan fingerprint density at radius 1 is 1.13 bits per heavy atom. The van der Waals surface area contributed by atoms with Crippen molar-refractivity contribution in [2.75, 3.05) is 19.0 Å². The summed E-state index contributed by atoms with van der Waals surface area (Å²) in [4.78, 5) is 13.3. The van der Waals surface area contributed by atoms with Crippen LogP contribution in [0.1, 0.15) is 23.2 Å². The van der Waals surface area contributed by atoms with Crippen molar-refractivity contribution in [3.8, 4) is 5.75 Å². The summed E-state index contributed by atoms with van der Waals surface area (Å²) in [5.41, 5.74) is 3.19. The fourth-order valence-electron chi connectivity index (χ4n) is 3.72. The molecule has 1 saturated heterocycles. The predicted molar refractivity (Wildman–Crippen MR) is 109 cm³/mol. The molecule has 4 atom stereocenters. The number of ether oxygens (including phenoxy) is 2. The van der Waals surface area contributed by atoms with Crippen molar-refractivity contribution in [1.29, 1.82) is 0 Å². The van der Waals surface area contributed by atoms with E-state index in [4.69, 9.17) is 9.47 Å². The SMILES string of the molecule is COCC1OC(n2cnc3c(Nc4cc(C)c(O)c(C)c4)nc(C)nc32)C(O)C1O. The van der Waals surface area contributed by atoms with E-state index in [-0.39, 0.29) is 12.4 Å². The summed E-state index contributed by atoms with van der Waals surface area (Å²) in [6.07, 6.45) is -2.25. The number of aryl methyl sites for hydroxylation is 3. The van der Waals surface area contributed by atoms with Gasteiger partial charge in [0.15, 0.2) is 23.2 Å². The van der Waals surface area contributed by atoms with Crippen LogP contribution in [0.4, 0.5) is 11.5 Å². The Hall–Kier alpha value is -2.79. The highest BCUT2D eigenvalue weighted by molar-refractivity contribution is 5.85. The van der Waals surface area contributed by atoms with Gasteiger partial charge in [0, 0.05) is 12.8 Å². The number of phenols is 1. The van der Waals surface area contributed by atoms with Crippen molar-refractivity contribution >= 4 is 22.7 Å².